The first-order valence-electron chi connectivity index (χ1n) is 9.67. The molecule has 1 fully saturated rings. The molecule has 1 saturated carbocycles. The Morgan fingerprint density at radius 2 is 1.77 bits per heavy atom. The number of hydrazone groups is 1. The van der Waals surface area contributed by atoms with Crippen molar-refractivity contribution in [3.8, 4) is 17.2 Å². The molecule has 1 heterocycles. The van der Waals surface area contributed by atoms with E-state index in [1.54, 1.807) is 33.5 Å². The first kappa shape index (κ1) is 19.7. The van der Waals surface area contributed by atoms with Gasteiger partial charge in [0.05, 0.1) is 44.2 Å². The van der Waals surface area contributed by atoms with Crippen LogP contribution in [0, 0.1) is 0 Å². The number of ether oxygens (including phenoxy) is 3. The van der Waals surface area contributed by atoms with E-state index in [1.165, 1.54) is 6.21 Å². The zero-order chi connectivity index (χ0) is 21.1. The Hall–Kier alpha value is -3.61. The first-order valence-corrected chi connectivity index (χ1v) is 9.67. The summed E-state index contributed by atoms with van der Waals surface area (Å²) in [6, 6.07) is 13.0. The smallest absolute Gasteiger partial charge is 0.272 e. The van der Waals surface area contributed by atoms with Gasteiger partial charge in [-0.2, -0.15) is 5.10 Å². The summed E-state index contributed by atoms with van der Waals surface area (Å²) in [6.45, 7) is 0. The normalized spacial score (nSPS) is 13.4. The molecule has 1 aliphatic rings. The molecule has 1 aromatic heterocycles. The van der Waals surface area contributed by atoms with E-state index >= 15 is 0 Å². The molecule has 0 saturated heterocycles. The number of para-hydroxylation sites is 1. The van der Waals surface area contributed by atoms with Crippen molar-refractivity contribution in [1.82, 2.24) is 10.4 Å². The van der Waals surface area contributed by atoms with Gasteiger partial charge in [-0.25, -0.2) is 5.43 Å². The Balaban J connectivity index is 1.62. The monoisotopic (exact) mass is 405 g/mol. The van der Waals surface area contributed by atoms with Gasteiger partial charge in [-0.3, -0.25) is 9.78 Å². The van der Waals surface area contributed by atoms with Crippen LogP contribution in [0.15, 0.2) is 47.6 Å². The highest BCUT2D eigenvalue weighted by Gasteiger charge is 2.26. The molecular weight excluding hydrogens is 382 g/mol. The number of carbonyl (C=O) groups is 1. The van der Waals surface area contributed by atoms with Gasteiger partial charge in [0.25, 0.3) is 5.91 Å². The Kier molecular flexibility index (Phi) is 5.52. The molecule has 30 heavy (non-hydrogen) atoms. The van der Waals surface area contributed by atoms with Crippen molar-refractivity contribution >= 4 is 23.0 Å². The highest BCUT2D eigenvalue weighted by molar-refractivity contribution is 6.06. The van der Waals surface area contributed by atoms with Crippen LogP contribution < -0.4 is 19.6 Å². The van der Waals surface area contributed by atoms with E-state index in [1.807, 2.05) is 30.3 Å². The van der Waals surface area contributed by atoms with Crippen molar-refractivity contribution in [2.45, 2.75) is 18.8 Å². The van der Waals surface area contributed by atoms with Crippen molar-refractivity contribution in [3.05, 3.63) is 59.3 Å². The van der Waals surface area contributed by atoms with Gasteiger partial charge in [0.1, 0.15) is 17.2 Å². The van der Waals surface area contributed by atoms with E-state index < -0.39 is 0 Å². The van der Waals surface area contributed by atoms with Gasteiger partial charge in [0.2, 0.25) is 0 Å². The fraction of sp³-hybridized carbons (Fsp3) is 0.261. The maximum atomic E-state index is 12.9. The minimum absolute atomic E-state index is 0.293. The molecule has 2 aromatic carbocycles. The number of carbonyl (C=O) groups excluding carboxylic acids is 1. The fourth-order valence-electron chi connectivity index (χ4n) is 3.35. The lowest BCUT2D eigenvalue weighted by Gasteiger charge is -2.12. The van der Waals surface area contributed by atoms with E-state index in [0.29, 0.717) is 34.3 Å². The summed E-state index contributed by atoms with van der Waals surface area (Å²) in [5.74, 6) is 1.79. The van der Waals surface area contributed by atoms with Gasteiger partial charge in [-0.15, -0.1) is 0 Å². The lowest BCUT2D eigenvalue weighted by molar-refractivity contribution is 0.0956. The van der Waals surface area contributed by atoms with Crippen LogP contribution >= 0.6 is 0 Å². The highest BCUT2D eigenvalue weighted by Crippen LogP contribution is 2.40. The van der Waals surface area contributed by atoms with E-state index in [-0.39, 0.29) is 5.91 Å². The van der Waals surface area contributed by atoms with Gasteiger partial charge in [-0.1, -0.05) is 18.2 Å². The average Bonchev–Trinajstić information content (AvgIpc) is 3.63. The summed E-state index contributed by atoms with van der Waals surface area (Å²) < 4.78 is 16.1. The minimum atomic E-state index is -0.293. The quantitative estimate of drug-likeness (QED) is 0.476. The second-order valence-corrected chi connectivity index (χ2v) is 7.03. The van der Waals surface area contributed by atoms with E-state index in [9.17, 15) is 4.79 Å². The van der Waals surface area contributed by atoms with Crippen LogP contribution in [0.3, 0.4) is 0 Å². The third kappa shape index (κ3) is 3.91. The molecule has 0 bridgehead atoms. The lowest BCUT2D eigenvalue weighted by atomic mass is 10.1. The van der Waals surface area contributed by atoms with Gasteiger partial charge in [0.15, 0.2) is 0 Å². The van der Waals surface area contributed by atoms with Crippen molar-refractivity contribution < 1.29 is 19.0 Å². The zero-order valence-corrected chi connectivity index (χ0v) is 17.1. The first-order chi connectivity index (χ1) is 14.6. The summed E-state index contributed by atoms with van der Waals surface area (Å²) >= 11 is 0. The second-order valence-electron chi connectivity index (χ2n) is 7.03. The molecule has 4 rings (SSSR count). The van der Waals surface area contributed by atoms with Crippen LogP contribution in [-0.4, -0.2) is 38.4 Å². The van der Waals surface area contributed by atoms with Gasteiger partial charge >= 0.3 is 0 Å². The number of methoxy groups -OCH3 is 3. The number of hydrogen-bond acceptors (Lipinski definition) is 6. The molecule has 154 valence electrons. The molecule has 7 heteroatoms. The number of amides is 1. The number of benzene rings is 2. The summed E-state index contributed by atoms with van der Waals surface area (Å²) in [4.78, 5) is 17.6. The molecule has 0 spiro atoms. The van der Waals surface area contributed by atoms with Crippen LogP contribution in [0.1, 0.15) is 40.4 Å². The third-order valence-corrected chi connectivity index (χ3v) is 5.09. The maximum absolute atomic E-state index is 12.9. The number of fused-ring (bicyclic) bond motifs is 1. The maximum Gasteiger partial charge on any atom is 0.272 e. The fourth-order valence-corrected chi connectivity index (χ4v) is 3.35. The van der Waals surface area contributed by atoms with Crippen LogP contribution in [0.25, 0.3) is 10.9 Å². The largest absolute Gasteiger partial charge is 0.496 e. The standard InChI is InChI=1S/C23H23N3O4/c1-28-15-10-21(29-2)18(22(11-15)30-3)13-24-26-23(27)17-12-20(14-8-9-14)25-19-7-5-4-6-16(17)19/h4-7,10-14H,8-9H2,1-3H3,(H,26,27)/b24-13+. The summed E-state index contributed by atoms with van der Waals surface area (Å²) in [6.07, 6.45) is 3.73. The lowest BCUT2D eigenvalue weighted by Crippen LogP contribution is -2.18. The molecule has 1 amide bonds. The second kappa shape index (κ2) is 8.41. The number of rotatable bonds is 7. The van der Waals surface area contributed by atoms with Crippen molar-refractivity contribution in [2.75, 3.05) is 21.3 Å². The minimum Gasteiger partial charge on any atom is -0.496 e. The highest BCUT2D eigenvalue weighted by atomic mass is 16.5. The molecule has 0 aliphatic heterocycles. The Morgan fingerprint density at radius 3 is 2.40 bits per heavy atom. The van der Waals surface area contributed by atoms with E-state index in [4.69, 9.17) is 19.2 Å². The Morgan fingerprint density at radius 1 is 1.07 bits per heavy atom. The molecule has 1 N–H and O–H groups in total. The summed E-state index contributed by atoms with van der Waals surface area (Å²) in [5.41, 5.74) is 5.55. The Labute approximate surface area is 174 Å². The predicted molar refractivity (Wildman–Crippen MR) is 115 cm³/mol. The topological polar surface area (TPSA) is 82.0 Å². The average molecular weight is 405 g/mol. The molecule has 7 nitrogen and oxygen atoms in total. The number of hydrogen-bond donors (Lipinski definition) is 1. The zero-order valence-electron chi connectivity index (χ0n) is 17.1. The number of pyridine rings is 1. The molecular formula is C23H23N3O4. The van der Waals surface area contributed by atoms with Crippen molar-refractivity contribution in [3.63, 3.8) is 0 Å². The Bertz CT molecular complexity index is 1100. The van der Waals surface area contributed by atoms with Crippen LogP contribution in [0.2, 0.25) is 0 Å². The van der Waals surface area contributed by atoms with Crippen molar-refractivity contribution in [2.24, 2.45) is 5.10 Å². The van der Waals surface area contributed by atoms with Crippen molar-refractivity contribution in [1.29, 1.82) is 0 Å². The number of aromatic nitrogens is 1. The van der Waals surface area contributed by atoms with Crippen LogP contribution in [-0.2, 0) is 0 Å². The summed E-state index contributed by atoms with van der Waals surface area (Å²) in [7, 11) is 4.66. The van der Waals surface area contributed by atoms with Gasteiger partial charge in [-0.05, 0) is 25.0 Å². The van der Waals surface area contributed by atoms with E-state index in [2.05, 4.69) is 10.5 Å². The summed E-state index contributed by atoms with van der Waals surface area (Å²) in [5, 5.41) is 4.94. The van der Waals surface area contributed by atoms with Gasteiger partial charge < -0.3 is 14.2 Å². The van der Waals surface area contributed by atoms with Crippen LogP contribution in [0.4, 0.5) is 0 Å². The number of nitrogens with one attached hydrogen (secondary N) is 1. The molecule has 0 radical (unpaired) electrons. The SMILES string of the molecule is COc1cc(OC)c(/C=N/NC(=O)c2cc(C3CC3)nc3ccccc23)c(OC)c1. The van der Waals surface area contributed by atoms with Gasteiger partial charge in [0, 0.05) is 29.1 Å². The van der Waals surface area contributed by atoms with E-state index in [0.717, 1.165) is 29.4 Å². The molecule has 1 aliphatic carbocycles. The molecule has 0 unspecified atom stereocenters. The number of nitrogens with zero attached hydrogens (tertiary/aromatic N) is 2. The predicted octanol–water partition coefficient (Wildman–Crippen LogP) is 3.90. The third-order valence-electron chi connectivity index (χ3n) is 5.09. The molecule has 0 atom stereocenters. The molecule has 3 aromatic rings. The van der Waals surface area contributed by atoms with Crippen LogP contribution in [0.5, 0.6) is 17.2 Å².